The number of carboxylic acids is 1. The van der Waals surface area contributed by atoms with Gasteiger partial charge in [-0.05, 0) is 56.8 Å². The van der Waals surface area contributed by atoms with Crippen LogP contribution in [0.1, 0.15) is 45.6 Å². The highest BCUT2D eigenvalue weighted by Gasteiger charge is 2.16. The lowest BCUT2D eigenvalue weighted by atomic mass is 10.1. The van der Waals surface area contributed by atoms with E-state index in [2.05, 4.69) is 19.2 Å². The van der Waals surface area contributed by atoms with Gasteiger partial charge in [-0.1, -0.05) is 26.0 Å². The van der Waals surface area contributed by atoms with Gasteiger partial charge < -0.3 is 15.2 Å². The molecule has 0 radical (unpaired) electrons. The minimum atomic E-state index is -0.919. The largest absolute Gasteiger partial charge is 0.479 e. The minimum absolute atomic E-state index is 0.456. The zero-order valence-corrected chi connectivity index (χ0v) is 13.3. The second-order valence-electron chi connectivity index (χ2n) is 5.39. The Morgan fingerprint density at radius 3 is 2.48 bits per heavy atom. The van der Waals surface area contributed by atoms with Crippen molar-refractivity contribution in [2.75, 3.05) is 6.54 Å². The Hall–Kier alpha value is -1.55. The maximum Gasteiger partial charge on any atom is 0.344 e. The van der Waals surface area contributed by atoms with Crippen molar-refractivity contribution in [3.05, 3.63) is 29.8 Å². The number of aliphatic carboxylic acids is 1. The summed E-state index contributed by atoms with van der Waals surface area (Å²) in [6.07, 6.45) is 2.94. The lowest BCUT2D eigenvalue weighted by Gasteiger charge is -2.14. The molecule has 2 unspecified atom stereocenters. The highest BCUT2D eigenvalue weighted by Crippen LogP contribution is 2.16. The smallest absolute Gasteiger partial charge is 0.344 e. The Balaban J connectivity index is 2.45. The second kappa shape index (κ2) is 9.40. The number of hydrogen-bond acceptors (Lipinski definition) is 3. The van der Waals surface area contributed by atoms with Crippen molar-refractivity contribution in [1.29, 1.82) is 0 Å². The molecule has 0 heterocycles. The molecule has 1 rings (SSSR count). The standard InChI is InChI=1S/C17H27NO3/c1-4-12-18-13(3)6-7-14-8-10-15(11-9-14)21-16(5-2)17(19)20/h8-11,13,16,18H,4-7,12H2,1-3H3,(H,19,20). The molecule has 1 aromatic carbocycles. The van der Waals surface area contributed by atoms with Crippen LogP contribution < -0.4 is 10.1 Å². The fourth-order valence-corrected chi connectivity index (χ4v) is 2.08. The van der Waals surface area contributed by atoms with Gasteiger partial charge in [0.05, 0.1) is 0 Å². The summed E-state index contributed by atoms with van der Waals surface area (Å²) in [5, 5.41) is 12.4. The van der Waals surface area contributed by atoms with Gasteiger partial charge in [-0.25, -0.2) is 4.79 Å². The van der Waals surface area contributed by atoms with E-state index in [1.807, 2.05) is 24.3 Å². The monoisotopic (exact) mass is 293 g/mol. The normalized spacial score (nSPS) is 13.7. The summed E-state index contributed by atoms with van der Waals surface area (Å²) >= 11 is 0. The molecule has 2 atom stereocenters. The number of ether oxygens (including phenoxy) is 1. The highest BCUT2D eigenvalue weighted by atomic mass is 16.5. The number of nitrogens with one attached hydrogen (secondary N) is 1. The number of carbonyl (C=O) groups is 1. The molecule has 4 heteroatoms. The van der Waals surface area contributed by atoms with Crippen LogP contribution in [0.2, 0.25) is 0 Å². The van der Waals surface area contributed by atoms with Crippen LogP contribution in [0.4, 0.5) is 0 Å². The average molecular weight is 293 g/mol. The first kappa shape index (κ1) is 17.5. The predicted molar refractivity (Wildman–Crippen MR) is 84.9 cm³/mol. The van der Waals surface area contributed by atoms with Crippen LogP contribution in [-0.4, -0.2) is 29.8 Å². The molecule has 0 saturated carbocycles. The van der Waals surface area contributed by atoms with Gasteiger partial charge in [0.1, 0.15) is 5.75 Å². The van der Waals surface area contributed by atoms with E-state index >= 15 is 0 Å². The second-order valence-corrected chi connectivity index (χ2v) is 5.39. The quantitative estimate of drug-likeness (QED) is 0.695. The first-order chi connectivity index (χ1) is 10.1. The van der Waals surface area contributed by atoms with Crippen molar-refractivity contribution in [1.82, 2.24) is 5.32 Å². The molecular weight excluding hydrogens is 266 g/mol. The molecule has 0 bridgehead atoms. The molecule has 0 saturated heterocycles. The molecule has 0 aliphatic rings. The van der Waals surface area contributed by atoms with Crippen molar-refractivity contribution in [3.63, 3.8) is 0 Å². The topological polar surface area (TPSA) is 58.6 Å². The third-order valence-electron chi connectivity index (χ3n) is 3.46. The van der Waals surface area contributed by atoms with Crippen LogP contribution in [0.5, 0.6) is 5.75 Å². The number of benzene rings is 1. The summed E-state index contributed by atoms with van der Waals surface area (Å²) in [6.45, 7) is 7.23. The van der Waals surface area contributed by atoms with E-state index in [-0.39, 0.29) is 0 Å². The van der Waals surface area contributed by atoms with Crippen molar-refractivity contribution >= 4 is 5.97 Å². The number of carboxylic acid groups (broad SMARTS) is 1. The van der Waals surface area contributed by atoms with E-state index in [0.717, 1.165) is 25.8 Å². The van der Waals surface area contributed by atoms with E-state index in [1.54, 1.807) is 6.92 Å². The van der Waals surface area contributed by atoms with Crippen molar-refractivity contribution < 1.29 is 14.6 Å². The molecule has 0 aliphatic carbocycles. The first-order valence-electron chi connectivity index (χ1n) is 7.78. The zero-order chi connectivity index (χ0) is 15.7. The Bertz CT molecular complexity index is 417. The lowest BCUT2D eigenvalue weighted by Crippen LogP contribution is -2.27. The number of aryl methyl sites for hydroxylation is 1. The fraction of sp³-hybridized carbons (Fsp3) is 0.588. The van der Waals surface area contributed by atoms with Gasteiger partial charge in [0.25, 0.3) is 0 Å². The summed E-state index contributed by atoms with van der Waals surface area (Å²) in [5.41, 5.74) is 1.25. The van der Waals surface area contributed by atoms with Gasteiger partial charge in [-0.2, -0.15) is 0 Å². The molecule has 0 amide bonds. The predicted octanol–water partition coefficient (Wildman–Crippen LogP) is 3.25. The molecule has 0 fully saturated rings. The summed E-state index contributed by atoms with van der Waals surface area (Å²) in [6, 6.07) is 8.24. The van der Waals surface area contributed by atoms with Crippen LogP contribution in [0.25, 0.3) is 0 Å². The highest BCUT2D eigenvalue weighted by molar-refractivity contribution is 5.72. The molecule has 21 heavy (non-hydrogen) atoms. The van der Waals surface area contributed by atoms with Crippen molar-refractivity contribution in [2.24, 2.45) is 0 Å². The van der Waals surface area contributed by atoms with E-state index < -0.39 is 12.1 Å². The third kappa shape index (κ3) is 6.63. The zero-order valence-electron chi connectivity index (χ0n) is 13.3. The van der Waals surface area contributed by atoms with Crippen LogP contribution >= 0.6 is 0 Å². The summed E-state index contributed by atoms with van der Waals surface area (Å²) < 4.78 is 5.45. The number of hydrogen-bond donors (Lipinski definition) is 2. The molecule has 0 spiro atoms. The summed E-state index contributed by atoms with van der Waals surface area (Å²) in [4.78, 5) is 10.9. The minimum Gasteiger partial charge on any atom is -0.479 e. The molecular formula is C17H27NO3. The fourth-order valence-electron chi connectivity index (χ4n) is 2.08. The van der Waals surface area contributed by atoms with Gasteiger partial charge in [0, 0.05) is 6.04 Å². The maximum atomic E-state index is 10.9. The molecule has 0 aliphatic heterocycles. The van der Waals surface area contributed by atoms with Crippen LogP contribution in [0.3, 0.4) is 0 Å². The van der Waals surface area contributed by atoms with Gasteiger partial charge in [0.15, 0.2) is 6.10 Å². The van der Waals surface area contributed by atoms with E-state index in [9.17, 15) is 4.79 Å². The lowest BCUT2D eigenvalue weighted by molar-refractivity contribution is -0.145. The van der Waals surface area contributed by atoms with E-state index in [0.29, 0.717) is 18.2 Å². The molecule has 4 nitrogen and oxygen atoms in total. The Morgan fingerprint density at radius 2 is 1.95 bits per heavy atom. The average Bonchev–Trinajstić information content (AvgIpc) is 2.49. The number of rotatable bonds is 10. The molecule has 2 N–H and O–H groups in total. The van der Waals surface area contributed by atoms with Gasteiger partial charge >= 0.3 is 5.97 Å². The third-order valence-corrected chi connectivity index (χ3v) is 3.46. The first-order valence-corrected chi connectivity index (χ1v) is 7.78. The Kier molecular flexibility index (Phi) is 7.83. The van der Waals surface area contributed by atoms with E-state index in [1.165, 1.54) is 5.56 Å². The SMILES string of the molecule is CCCNC(C)CCc1ccc(OC(CC)C(=O)O)cc1. The van der Waals surface area contributed by atoms with Crippen molar-refractivity contribution in [2.45, 2.75) is 58.6 Å². The summed E-state index contributed by atoms with van der Waals surface area (Å²) in [5.74, 6) is -0.303. The maximum absolute atomic E-state index is 10.9. The van der Waals surface area contributed by atoms with Crippen LogP contribution in [0, 0.1) is 0 Å². The molecule has 0 aromatic heterocycles. The van der Waals surface area contributed by atoms with Gasteiger partial charge in [-0.3, -0.25) is 0 Å². The van der Waals surface area contributed by atoms with Crippen LogP contribution in [-0.2, 0) is 11.2 Å². The molecule has 1 aromatic rings. The summed E-state index contributed by atoms with van der Waals surface area (Å²) in [7, 11) is 0. The van der Waals surface area contributed by atoms with Crippen LogP contribution in [0.15, 0.2) is 24.3 Å². The van der Waals surface area contributed by atoms with Gasteiger partial charge in [-0.15, -0.1) is 0 Å². The van der Waals surface area contributed by atoms with Crippen molar-refractivity contribution in [3.8, 4) is 5.75 Å². The van der Waals surface area contributed by atoms with Gasteiger partial charge in [0.2, 0.25) is 0 Å². The van der Waals surface area contributed by atoms with E-state index in [4.69, 9.17) is 9.84 Å². The Labute approximate surface area is 127 Å². The molecule has 118 valence electrons. The Morgan fingerprint density at radius 1 is 1.29 bits per heavy atom.